The van der Waals surface area contributed by atoms with Crippen LogP contribution in [0, 0.1) is 23.7 Å². The van der Waals surface area contributed by atoms with Crippen molar-refractivity contribution >= 4 is 0 Å². The fourth-order valence-electron chi connectivity index (χ4n) is 4.65. The van der Waals surface area contributed by atoms with Crippen molar-refractivity contribution in [3.8, 4) is 12.3 Å². The SMILES string of the molecule is C#CCN(CCOC)CCC1COC2(CCC(C(C)(C)CCC)CC2)O1. The number of hydrogen-bond donors (Lipinski definition) is 0. The molecule has 0 radical (unpaired) electrons. The topological polar surface area (TPSA) is 30.9 Å². The van der Waals surface area contributed by atoms with Crippen molar-refractivity contribution in [2.45, 2.75) is 77.6 Å². The fourth-order valence-corrected chi connectivity index (χ4v) is 4.65. The molecule has 1 aliphatic carbocycles. The summed E-state index contributed by atoms with van der Waals surface area (Å²) >= 11 is 0. The molecule has 1 saturated carbocycles. The molecule has 26 heavy (non-hydrogen) atoms. The van der Waals surface area contributed by atoms with E-state index >= 15 is 0 Å². The highest BCUT2D eigenvalue weighted by atomic mass is 16.7. The van der Waals surface area contributed by atoms with Crippen molar-refractivity contribution in [1.29, 1.82) is 0 Å². The van der Waals surface area contributed by atoms with Gasteiger partial charge in [-0.3, -0.25) is 4.90 Å². The third-order valence-electron chi connectivity index (χ3n) is 6.35. The molecule has 150 valence electrons. The van der Waals surface area contributed by atoms with Crippen molar-refractivity contribution in [3.63, 3.8) is 0 Å². The molecule has 0 aromatic rings. The highest BCUT2D eigenvalue weighted by Crippen LogP contribution is 2.47. The molecule has 1 unspecified atom stereocenters. The van der Waals surface area contributed by atoms with E-state index in [-0.39, 0.29) is 11.9 Å². The molecule has 0 N–H and O–H groups in total. The van der Waals surface area contributed by atoms with E-state index in [2.05, 4.69) is 31.6 Å². The lowest BCUT2D eigenvalue weighted by molar-refractivity contribution is -0.197. The first-order chi connectivity index (χ1) is 12.4. The fraction of sp³-hybridized carbons (Fsp3) is 0.909. The van der Waals surface area contributed by atoms with Crippen molar-refractivity contribution in [1.82, 2.24) is 4.90 Å². The van der Waals surface area contributed by atoms with Gasteiger partial charge in [0.05, 0.1) is 25.9 Å². The van der Waals surface area contributed by atoms with Gasteiger partial charge in [-0.2, -0.15) is 0 Å². The van der Waals surface area contributed by atoms with Crippen LogP contribution < -0.4 is 0 Å². The van der Waals surface area contributed by atoms with E-state index in [1.165, 1.54) is 25.7 Å². The molecule has 1 spiro atoms. The van der Waals surface area contributed by atoms with Crippen LogP contribution in [0.2, 0.25) is 0 Å². The Morgan fingerprint density at radius 1 is 1.27 bits per heavy atom. The van der Waals surface area contributed by atoms with E-state index in [1.807, 2.05) is 0 Å². The number of methoxy groups -OCH3 is 1. The summed E-state index contributed by atoms with van der Waals surface area (Å²) in [5.41, 5.74) is 0.436. The summed E-state index contributed by atoms with van der Waals surface area (Å²) in [5.74, 6) is 3.22. The molecule has 1 aliphatic heterocycles. The maximum Gasteiger partial charge on any atom is 0.168 e. The van der Waals surface area contributed by atoms with Gasteiger partial charge in [0.25, 0.3) is 0 Å². The van der Waals surface area contributed by atoms with Crippen molar-refractivity contribution in [3.05, 3.63) is 0 Å². The number of hydrogen-bond acceptors (Lipinski definition) is 4. The highest BCUT2D eigenvalue weighted by molar-refractivity contribution is 4.91. The first-order valence-electron chi connectivity index (χ1n) is 10.4. The van der Waals surface area contributed by atoms with Gasteiger partial charge in [-0.25, -0.2) is 0 Å². The second-order valence-electron chi connectivity index (χ2n) is 8.74. The van der Waals surface area contributed by atoms with E-state index < -0.39 is 0 Å². The Balaban J connectivity index is 1.77. The molecule has 2 rings (SSSR count). The van der Waals surface area contributed by atoms with Crippen LogP contribution in [-0.4, -0.2) is 56.7 Å². The minimum atomic E-state index is -0.313. The van der Waals surface area contributed by atoms with Gasteiger partial charge in [0.15, 0.2) is 5.79 Å². The molecule has 0 aromatic carbocycles. The second kappa shape index (κ2) is 10.1. The maximum absolute atomic E-state index is 6.41. The van der Waals surface area contributed by atoms with Crippen LogP contribution >= 0.6 is 0 Å². The van der Waals surface area contributed by atoms with Crippen LogP contribution in [0.1, 0.15) is 65.7 Å². The van der Waals surface area contributed by atoms with Gasteiger partial charge in [0.2, 0.25) is 0 Å². The third kappa shape index (κ3) is 5.96. The van der Waals surface area contributed by atoms with Crippen LogP contribution in [-0.2, 0) is 14.2 Å². The van der Waals surface area contributed by atoms with Crippen LogP contribution in [0.3, 0.4) is 0 Å². The molecule has 2 aliphatic rings. The lowest BCUT2D eigenvalue weighted by atomic mass is 9.68. The summed E-state index contributed by atoms with van der Waals surface area (Å²) in [5, 5.41) is 0. The van der Waals surface area contributed by atoms with Crippen molar-refractivity contribution < 1.29 is 14.2 Å². The Bertz CT molecular complexity index is 449. The summed E-state index contributed by atoms with van der Waals surface area (Å²) in [6, 6.07) is 0. The van der Waals surface area contributed by atoms with Crippen LogP contribution in [0.4, 0.5) is 0 Å². The Morgan fingerprint density at radius 3 is 2.62 bits per heavy atom. The Kier molecular flexibility index (Phi) is 8.41. The summed E-state index contributed by atoms with van der Waals surface area (Å²) < 4.78 is 17.8. The molecule has 2 fully saturated rings. The molecule has 0 bridgehead atoms. The predicted octanol–water partition coefficient (Wildman–Crippen LogP) is 4.09. The normalized spacial score (nSPS) is 29.4. The van der Waals surface area contributed by atoms with Crippen LogP contribution in [0.15, 0.2) is 0 Å². The number of rotatable bonds is 10. The van der Waals surface area contributed by atoms with Gasteiger partial charge in [-0.05, 0) is 37.0 Å². The van der Waals surface area contributed by atoms with Gasteiger partial charge in [-0.1, -0.05) is 33.1 Å². The lowest BCUT2D eigenvalue weighted by Gasteiger charge is -2.42. The number of terminal acetylenes is 1. The van der Waals surface area contributed by atoms with Gasteiger partial charge >= 0.3 is 0 Å². The zero-order valence-corrected chi connectivity index (χ0v) is 17.4. The Morgan fingerprint density at radius 2 is 2.00 bits per heavy atom. The quantitative estimate of drug-likeness (QED) is 0.546. The standard InChI is InChI=1S/C22H39NO3/c1-6-11-21(3,4)19-8-12-22(13-9-19)25-18-20(26-22)10-15-23(14-7-2)16-17-24-5/h2,19-20H,6,8-18H2,1,3-5H3. The van der Waals surface area contributed by atoms with Crippen molar-refractivity contribution in [2.24, 2.45) is 11.3 Å². The first kappa shape index (κ1) is 21.7. The van der Waals surface area contributed by atoms with E-state index in [0.29, 0.717) is 18.6 Å². The van der Waals surface area contributed by atoms with Crippen molar-refractivity contribution in [2.75, 3.05) is 40.0 Å². The Hall–Kier alpha value is -0.600. The molecule has 0 aromatic heterocycles. The minimum Gasteiger partial charge on any atom is -0.383 e. The molecule has 4 heteroatoms. The Labute approximate surface area is 160 Å². The number of ether oxygens (including phenoxy) is 3. The van der Waals surface area contributed by atoms with Gasteiger partial charge < -0.3 is 14.2 Å². The molecule has 0 amide bonds. The summed E-state index contributed by atoms with van der Waals surface area (Å²) in [7, 11) is 1.73. The van der Waals surface area contributed by atoms with Gasteiger partial charge in [0, 0.05) is 33.0 Å². The minimum absolute atomic E-state index is 0.193. The molecule has 4 nitrogen and oxygen atoms in total. The zero-order chi connectivity index (χ0) is 19.0. The van der Waals surface area contributed by atoms with E-state index in [9.17, 15) is 0 Å². The van der Waals surface area contributed by atoms with E-state index in [0.717, 1.165) is 44.9 Å². The summed E-state index contributed by atoms with van der Waals surface area (Å²) in [4.78, 5) is 2.25. The first-order valence-corrected chi connectivity index (χ1v) is 10.4. The average molecular weight is 366 g/mol. The largest absolute Gasteiger partial charge is 0.383 e. The molecule has 1 heterocycles. The van der Waals surface area contributed by atoms with Gasteiger partial charge in [-0.15, -0.1) is 6.42 Å². The summed E-state index contributed by atoms with van der Waals surface area (Å²) in [6.07, 6.45) is 13.7. The lowest BCUT2D eigenvalue weighted by Crippen LogP contribution is -2.39. The van der Waals surface area contributed by atoms with E-state index in [4.69, 9.17) is 20.6 Å². The smallest absolute Gasteiger partial charge is 0.168 e. The monoisotopic (exact) mass is 365 g/mol. The third-order valence-corrected chi connectivity index (χ3v) is 6.35. The molecular formula is C22H39NO3. The maximum atomic E-state index is 6.41. The number of nitrogens with zero attached hydrogens (tertiary/aromatic N) is 1. The van der Waals surface area contributed by atoms with Crippen LogP contribution in [0.5, 0.6) is 0 Å². The second-order valence-corrected chi connectivity index (χ2v) is 8.74. The zero-order valence-electron chi connectivity index (χ0n) is 17.4. The highest BCUT2D eigenvalue weighted by Gasteiger charge is 2.46. The van der Waals surface area contributed by atoms with Gasteiger partial charge in [0.1, 0.15) is 0 Å². The molecular weight excluding hydrogens is 326 g/mol. The van der Waals surface area contributed by atoms with E-state index in [1.54, 1.807) is 7.11 Å². The molecule has 1 atom stereocenters. The summed E-state index contributed by atoms with van der Waals surface area (Å²) in [6.45, 7) is 11.0. The molecule has 1 saturated heterocycles. The average Bonchev–Trinajstić information content (AvgIpc) is 3.00. The van der Waals surface area contributed by atoms with Crippen LogP contribution in [0.25, 0.3) is 0 Å². The predicted molar refractivity (Wildman–Crippen MR) is 106 cm³/mol.